The molecule has 0 aromatic heterocycles. The molecule has 0 fully saturated rings. The summed E-state index contributed by atoms with van der Waals surface area (Å²) < 4.78 is 42.3. The molecule has 0 aliphatic carbocycles. The summed E-state index contributed by atoms with van der Waals surface area (Å²) in [6, 6.07) is 12.2. The zero-order valence-corrected chi connectivity index (χ0v) is 13.9. The van der Waals surface area contributed by atoms with Gasteiger partial charge in [0.25, 0.3) is 15.9 Å². The number of ether oxygens (including phenoxy) is 1. The average Bonchev–Trinajstić information content (AvgIpc) is 2.61. The number of carbonyl (C=O) groups excluding carboxylic acids is 1. The Morgan fingerprint density at radius 2 is 1.92 bits per heavy atom. The molecule has 7 nitrogen and oxygen atoms in total. The van der Waals surface area contributed by atoms with Crippen LogP contribution < -0.4 is 15.0 Å². The van der Waals surface area contributed by atoms with E-state index in [0.717, 1.165) is 0 Å². The highest BCUT2D eigenvalue weighted by Crippen LogP contribution is 2.13. The van der Waals surface area contributed by atoms with Crippen molar-refractivity contribution in [2.24, 2.45) is 0 Å². The number of halogens is 1. The number of nitriles is 1. The molecular weight excluding hydrogens is 349 g/mol. The summed E-state index contributed by atoms with van der Waals surface area (Å²) in [5.41, 5.74) is 2.20. The Balaban J connectivity index is 1.98. The lowest BCUT2D eigenvalue weighted by Gasteiger charge is -2.15. The predicted molar refractivity (Wildman–Crippen MR) is 86.1 cm³/mol. The molecule has 2 aromatic rings. The van der Waals surface area contributed by atoms with Gasteiger partial charge in [0.1, 0.15) is 11.6 Å². The van der Waals surface area contributed by atoms with Crippen molar-refractivity contribution in [1.82, 2.24) is 10.3 Å². The lowest BCUT2D eigenvalue weighted by Crippen LogP contribution is -2.47. The summed E-state index contributed by atoms with van der Waals surface area (Å²) in [6.07, 6.45) is -1.03. The lowest BCUT2D eigenvalue weighted by atomic mass is 10.2. The molecule has 0 aliphatic heterocycles. The first-order valence-electron chi connectivity index (χ1n) is 7.06. The SMILES string of the molecule is C[C@@H](Oc1ccc(F)cc1)C(=O)NNS(=O)(=O)c1cccc(C#N)c1. The number of hydrazine groups is 1. The van der Waals surface area contributed by atoms with E-state index in [4.69, 9.17) is 10.00 Å². The Morgan fingerprint density at radius 3 is 2.56 bits per heavy atom. The minimum absolute atomic E-state index is 0.168. The number of hydrogen-bond donors (Lipinski definition) is 2. The van der Waals surface area contributed by atoms with Crippen molar-refractivity contribution in [3.05, 3.63) is 59.9 Å². The fourth-order valence-corrected chi connectivity index (χ4v) is 2.67. The molecule has 2 N–H and O–H groups in total. The summed E-state index contributed by atoms with van der Waals surface area (Å²) in [4.78, 5) is 13.7. The molecule has 9 heteroatoms. The molecule has 2 aromatic carbocycles. The highest BCUT2D eigenvalue weighted by atomic mass is 32.2. The van der Waals surface area contributed by atoms with Gasteiger partial charge >= 0.3 is 0 Å². The van der Waals surface area contributed by atoms with Gasteiger partial charge < -0.3 is 4.74 Å². The molecule has 0 unspecified atom stereocenters. The average molecular weight is 363 g/mol. The highest BCUT2D eigenvalue weighted by molar-refractivity contribution is 7.89. The molecule has 0 aliphatic rings. The van der Waals surface area contributed by atoms with E-state index < -0.39 is 27.9 Å². The zero-order valence-electron chi connectivity index (χ0n) is 13.1. The third-order valence-corrected chi connectivity index (χ3v) is 4.32. The smallest absolute Gasteiger partial charge is 0.275 e. The fourth-order valence-electron chi connectivity index (χ4n) is 1.78. The minimum atomic E-state index is -4.04. The van der Waals surface area contributed by atoms with Gasteiger partial charge in [0, 0.05) is 0 Å². The van der Waals surface area contributed by atoms with Crippen molar-refractivity contribution in [3.8, 4) is 11.8 Å². The van der Waals surface area contributed by atoms with Crippen LogP contribution in [-0.4, -0.2) is 20.4 Å². The summed E-state index contributed by atoms with van der Waals surface area (Å²) >= 11 is 0. The molecule has 25 heavy (non-hydrogen) atoms. The Hall–Kier alpha value is -2.96. The van der Waals surface area contributed by atoms with Crippen LogP contribution in [0.2, 0.25) is 0 Å². The number of nitrogens with one attached hydrogen (secondary N) is 2. The van der Waals surface area contributed by atoms with Crippen LogP contribution in [0.3, 0.4) is 0 Å². The van der Waals surface area contributed by atoms with Crippen molar-refractivity contribution in [1.29, 1.82) is 5.26 Å². The van der Waals surface area contributed by atoms with Crippen molar-refractivity contribution in [2.45, 2.75) is 17.9 Å². The monoisotopic (exact) mass is 363 g/mol. The van der Waals surface area contributed by atoms with Crippen molar-refractivity contribution < 1.29 is 22.3 Å². The van der Waals surface area contributed by atoms with E-state index in [1.165, 1.54) is 55.5 Å². The second-order valence-electron chi connectivity index (χ2n) is 4.95. The maximum atomic E-state index is 12.8. The third kappa shape index (κ3) is 5.00. The number of hydrogen-bond acceptors (Lipinski definition) is 5. The number of benzene rings is 2. The molecule has 1 atom stereocenters. The lowest BCUT2D eigenvalue weighted by molar-refractivity contribution is -0.127. The van der Waals surface area contributed by atoms with Gasteiger partial charge in [0.05, 0.1) is 16.5 Å². The molecule has 0 saturated carbocycles. The van der Waals surface area contributed by atoms with E-state index in [1.54, 1.807) is 0 Å². The predicted octanol–water partition coefficient (Wildman–Crippen LogP) is 1.47. The molecule has 1 amide bonds. The van der Waals surface area contributed by atoms with E-state index in [1.807, 2.05) is 16.3 Å². The van der Waals surface area contributed by atoms with Crippen LogP contribution in [-0.2, 0) is 14.8 Å². The maximum absolute atomic E-state index is 12.8. The summed E-state index contributed by atoms with van der Waals surface area (Å²) in [7, 11) is -4.04. The standard InChI is InChI=1S/C16H14FN3O4S/c1-11(24-14-7-5-13(17)6-8-14)16(21)19-20-25(22,23)15-4-2-3-12(9-15)10-18/h2-9,11,20H,1H3,(H,19,21)/t11-/m1/s1. The molecule has 0 spiro atoms. The first kappa shape index (κ1) is 18.4. The Bertz CT molecular complexity index is 908. The second-order valence-corrected chi connectivity index (χ2v) is 6.63. The Kier molecular flexibility index (Phi) is 5.69. The van der Waals surface area contributed by atoms with Gasteiger partial charge in [-0.15, -0.1) is 4.83 Å². The summed E-state index contributed by atoms with van der Waals surface area (Å²) in [6.45, 7) is 1.41. The molecule has 0 bridgehead atoms. The summed E-state index contributed by atoms with van der Waals surface area (Å²) in [5.74, 6) is -0.935. The highest BCUT2D eigenvalue weighted by Gasteiger charge is 2.19. The molecule has 0 saturated heterocycles. The van der Waals surface area contributed by atoms with Crippen LogP contribution in [0, 0.1) is 17.1 Å². The minimum Gasteiger partial charge on any atom is -0.481 e. The maximum Gasteiger partial charge on any atom is 0.275 e. The second kappa shape index (κ2) is 7.74. The van der Waals surface area contributed by atoms with Crippen LogP contribution >= 0.6 is 0 Å². The quantitative estimate of drug-likeness (QED) is 0.756. The van der Waals surface area contributed by atoms with E-state index in [2.05, 4.69) is 0 Å². The van der Waals surface area contributed by atoms with Crippen LogP contribution in [0.5, 0.6) is 5.75 Å². The van der Waals surface area contributed by atoms with Gasteiger partial charge in [0.2, 0.25) is 0 Å². The topological polar surface area (TPSA) is 108 Å². The molecule has 0 radical (unpaired) electrons. The molecule has 0 heterocycles. The molecule has 2 rings (SSSR count). The van der Waals surface area contributed by atoms with Gasteiger partial charge in [0.15, 0.2) is 6.10 Å². The van der Waals surface area contributed by atoms with Gasteiger partial charge in [-0.2, -0.15) is 5.26 Å². The van der Waals surface area contributed by atoms with Gasteiger partial charge in [-0.3, -0.25) is 10.2 Å². The van der Waals surface area contributed by atoms with Gasteiger partial charge in [-0.25, -0.2) is 12.8 Å². The molecular formula is C16H14FN3O4S. The van der Waals surface area contributed by atoms with Gasteiger partial charge in [-0.05, 0) is 49.4 Å². The number of rotatable bonds is 6. The number of carbonyl (C=O) groups is 1. The number of amides is 1. The third-order valence-electron chi connectivity index (χ3n) is 3.08. The van der Waals surface area contributed by atoms with E-state index in [0.29, 0.717) is 0 Å². The number of sulfonamides is 1. The van der Waals surface area contributed by atoms with Crippen molar-refractivity contribution in [3.63, 3.8) is 0 Å². The fraction of sp³-hybridized carbons (Fsp3) is 0.125. The first-order valence-corrected chi connectivity index (χ1v) is 8.54. The first-order chi connectivity index (χ1) is 11.8. The van der Waals surface area contributed by atoms with Crippen molar-refractivity contribution >= 4 is 15.9 Å². The van der Waals surface area contributed by atoms with Gasteiger partial charge in [-0.1, -0.05) is 6.07 Å². The zero-order chi connectivity index (χ0) is 18.4. The van der Waals surface area contributed by atoms with Crippen LogP contribution in [0.1, 0.15) is 12.5 Å². The van der Waals surface area contributed by atoms with Crippen LogP contribution in [0.25, 0.3) is 0 Å². The normalized spacial score (nSPS) is 12.0. The van der Waals surface area contributed by atoms with E-state index in [-0.39, 0.29) is 16.2 Å². The Labute approximate surface area is 144 Å². The van der Waals surface area contributed by atoms with Crippen LogP contribution in [0.4, 0.5) is 4.39 Å². The molecule has 130 valence electrons. The summed E-state index contributed by atoms with van der Waals surface area (Å²) in [5, 5.41) is 8.80. The van der Waals surface area contributed by atoms with Crippen LogP contribution in [0.15, 0.2) is 53.4 Å². The van der Waals surface area contributed by atoms with E-state index in [9.17, 15) is 17.6 Å². The largest absolute Gasteiger partial charge is 0.481 e. The number of nitrogens with zero attached hydrogens (tertiary/aromatic N) is 1. The van der Waals surface area contributed by atoms with Crippen molar-refractivity contribution in [2.75, 3.05) is 0 Å². The Morgan fingerprint density at radius 1 is 1.24 bits per heavy atom. The van der Waals surface area contributed by atoms with E-state index >= 15 is 0 Å².